The van der Waals surface area contributed by atoms with E-state index in [1.165, 1.54) is 6.20 Å². The molecule has 6 nitrogen and oxygen atoms in total. The maximum absolute atomic E-state index is 12.1. The van der Waals surface area contributed by atoms with Gasteiger partial charge in [0.2, 0.25) is 0 Å². The van der Waals surface area contributed by atoms with Crippen LogP contribution in [-0.2, 0) is 17.8 Å². The lowest BCUT2D eigenvalue weighted by Gasteiger charge is -2.17. The average molecular weight is 251 g/mol. The molecule has 1 amide bonds. The molecule has 98 valence electrons. The van der Waals surface area contributed by atoms with Crippen LogP contribution < -0.4 is 5.32 Å². The third-order valence-corrected chi connectivity index (χ3v) is 3.20. The Morgan fingerprint density at radius 1 is 1.50 bits per heavy atom. The van der Waals surface area contributed by atoms with Gasteiger partial charge in [0.25, 0.3) is 5.91 Å². The number of aryl methyl sites for hydroxylation is 1. The number of nitrogens with one attached hydrogen (secondary N) is 1. The van der Waals surface area contributed by atoms with Crippen molar-refractivity contribution >= 4 is 11.9 Å². The van der Waals surface area contributed by atoms with Crippen LogP contribution in [0.25, 0.3) is 0 Å². The SMILES string of the molecule is CC(C)[C@@H](NC(=O)c1cnn2c1CCC2)C(=O)O. The van der Waals surface area contributed by atoms with Gasteiger partial charge in [-0.25, -0.2) is 4.79 Å². The molecule has 0 aliphatic carbocycles. The molecule has 6 heteroatoms. The van der Waals surface area contributed by atoms with Gasteiger partial charge in [0.15, 0.2) is 0 Å². The number of carbonyl (C=O) groups is 2. The predicted molar refractivity (Wildman–Crippen MR) is 64.3 cm³/mol. The van der Waals surface area contributed by atoms with E-state index in [1.807, 2.05) is 0 Å². The predicted octanol–water partition coefficient (Wildman–Crippen LogP) is 0.668. The minimum Gasteiger partial charge on any atom is -0.480 e. The van der Waals surface area contributed by atoms with Crippen LogP contribution in [0, 0.1) is 5.92 Å². The zero-order chi connectivity index (χ0) is 13.3. The number of amides is 1. The third-order valence-electron chi connectivity index (χ3n) is 3.20. The summed E-state index contributed by atoms with van der Waals surface area (Å²) in [6.45, 7) is 4.36. The van der Waals surface area contributed by atoms with Crippen LogP contribution in [0.2, 0.25) is 0 Å². The molecule has 18 heavy (non-hydrogen) atoms. The summed E-state index contributed by atoms with van der Waals surface area (Å²) < 4.78 is 1.81. The highest BCUT2D eigenvalue weighted by Crippen LogP contribution is 2.18. The largest absolute Gasteiger partial charge is 0.480 e. The van der Waals surface area contributed by atoms with Crippen LogP contribution in [0.4, 0.5) is 0 Å². The first-order valence-corrected chi connectivity index (χ1v) is 6.09. The normalized spacial score (nSPS) is 15.5. The van der Waals surface area contributed by atoms with Crippen molar-refractivity contribution < 1.29 is 14.7 Å². The molecule has 2 N–H and O–H groups in total. The van der Waals surface area contributed by atoms with Crippen LogP contribution in [0.1, 0.15) is 36.3 Å². The second-order valence-corrected chi connectivity index (χ2v) is 4.87. The second-order valence-electron chi connectivity index (χ2n) is 4.87. The molecule has 0 unspecified atom stereocenters. The lowest BCUT2D eigenvalue weighted by Crippen LogP contribution is -2.44. The van der Waals surface area contributed by atoms with E-state index < -0.39 is 12.0 Å². The van der Waals surface area contributed by atoms with E-state index in [9.17, 15) is 9.59 Å². The van der Waals surface area contributed by atoms with Gasteiger partial charge in [-0.05, 0) is 18.8 Å². The molecule has 0 saturated carbocycles. The molecule has 1 aliphatic heterocycles. The number of carboxylic acids is 1. The molecular weight excluding hydrogens is 234 g/mol. The van der Waals surface area contributed by atoms with E-state index in [4.69, 9.17) is 5.11 Å². The summed E-state index contributed by atoms with van der Waals surface area (Å²) in [4.78, 5) is 23.1. The van der Waals surface area contributed by atoms with Gasteiger partial charge in [-0.2, -0.15) is 5.10 Å². The first-order chi connectivity index (χ1) is 8.50. The Hall–Kier alpha value is -1.85. The zero-order valence-corrected chi connectivity index (χ0v) is 10.5. The topological polar surface area (TPSA) is 84.2 Å². The Morgan fingerprint density at radius 3 is 2.83 bits per heavy atom. The van der Waals surface area contributed by atoms with Crippen molar-refractivity contribution in [1.29, 1.82) is 0 Å². The van der Waals surface area contributed by atoms with Gasteiger partial charge in [0, 0.05) is 6.54 Å². The van der Waals surface area contributed by atoms with E-state index in [2.05, 4.69) is 10.4 Å². The van der Waals surface area contributed by atoms with Crippen LogP contribution in [0.5, 0.6) is 0 Å². The maximum Gasteiger partial charge on any atom is 0.326 e. The summed E-state index contributed by atoms with van der Waals surface area (Å²) in [7, 11) is 0. The first-order valence-electron chi connectivity index (χ1n) is 6.09. The lowest BCUT2D eigenvalue weighted by atomic mass is 10.0. The Bertz CT molecular complexity index is 479. The minimum atomic E-state index is -1.01. The number of fused-ring (bicyclic) bond motifs is 1. The summed E-state index contributed by atoms with van der Waals surface area (Å²) in [5.74, 6) is -1.52. The van der Waals surface area contributed by atoms with Crippen LogP contribution in [0.3, 0.4) is 0 Å². The highest BCUT2D eigenvalue weighted by molar-refractivity contribution is 5.97. The zero-order valence-electron chi connectivity index (χ0n) is 10.5. The average Bonchev–Trinajstić information content (AvgIpc) is 2.85. The number of carboxylic acid groups (broad SMARTS) is 1. The quantitative estimate of drug-likeness (QED) is 0.823. The molecule has 0 saturated heterocycles. The fourth-order valence-corrected chi connectivity index (χ4v) is 2.19. The number of aromatic nitrogens is 2. The molecule has 0 aromatic carbocycles. The summed E-state index contributed by atoms with van der Waals surface area (Å²) in [5, 5.41) is 15.7. The summed E-state index contributed by atoms with van der Waals surface area (Å²) in [6.07, 6.45) is 3.32. The fourth-order valence-electron chi connectivity index (χ4n) is 2.19. The molecule has 2 heterocycles. The number of carbonyl (C=O) groups excluding carboxylic acids is 1. The van der Waals surface area contributed by atoms with Crippen molar-refractivity contribution in [3.8, 4) is 0 Å². The molecule has 1 atom stereocenters. The molecule has 1 aromatic rings. The van der Waals surface area contributed by atoms with Crippen LogP contribution >= 0.6 is 0 Å². The van der Waals surface area contributed by atoms with Gasteiger partial charge in [-0.1, -0.05) is 13.8 Å². The van der Waals surface area contributed by atoms with Gasteiger partial charge in [-0.3, -0.25) is 9.48 Å². The van der Waals surface area contributed by atoms with E-state index in [1.54, 1.807) is 18.5 Å². The molecule has 0 radical (unpaired) electrons. The first kappa shape index (κ1) is 12.6. The Morgan fingerprint density at radius 2 is 2.22 bits per heavy atom. The van der Waals surface area contributed by atoms with Crippen molar-refractivity contribution in [3.63, 3.8) is 0 Å². The van der Waals surface area contributed by atoms with E-state index in [0.717, 1.165) is 25.1 Å². The smallest absolute Gasteiger partial charge is 0.326 e. The summed E-state index contributed by atoms with van der Waals surface area (Å²) in [5.41, 5.74) is 1.40. The van der Waals surface area contributed by atoms with Gasteiger partial charge >= 0.3 is 5.97 Å². The van der Waals surface area contributed by atoms with Crippen molar-refractivity contribution in [1.82, 2.24) is 15.1 Å². The molecular formula is C12H17N3O3. The highest BCUT2D eigenvalue weighted by atomic mass is 16.4. The Labute approximate surface area is 105 Å². The van der Waals surface area contributed by atoms with Crippen LogP contribution in [-0.4, -0.2) is 32.8 Å². The number of aliphatic carboxylic acids is 1. The lowest BCUT2D eigenvalue weighted by molar-refractivity contribution is -0.140. The minimum absolute atomic E-state index is 0.157. The molecule has 0 spiro atoms. The number of hydrogen-bond donors (Lipinski definition) is 2. The number of hydrogen-bond acceptors (Lipinski definition) is 3. The monoisotopic (exact) mass is 251 g/mol. The van der Waals surface area contributed by atoms with Crippen molar-refractivity contribution in [2.75, 3.05) is 0 Å². The summed E-state index contributed by atoms with van der Waals surface area (Å²) >= 11 is 0. The van der Waals surface area contributed by atoms with Crippen LogP contribution in [0.15, 0.2) is 6.20 Å². The highest BCUT2D eigenvalue weighted by Gasteiger charge is 2.27. The second kappa shape index (κ2) is 4.80. The number of nitrogens with zero attached hydrogens (tertiary/aromatic N) is 2. The maximum atomic E-state index is 12.1. The van der Waals surface area contributed by atoms with Gasteiger partial charge in [0.1, 0.15) is 6.04 Å². The Balaban J connectivity index is 2.14. The number of rotatable bonds is 4. The van der Waals surface area contributed by atoms with Gasteiger partial charge in [-0.15, -0.1) is 0 Å². The molecule has 1 aromatic heterocycles. The van der Waals surface area contributed by atoms with Gasteiger partial charge in [0.05, 0.1) is 17.5 Å². The van der Waals surface area contributed by atoms with E-state index in [-0.39, 0.29) is 11.8 Å². The van der Waals surface area contributed by atoms with Crippen molar-refractivity contribution in [2.45, 2.75) is 39.3 Å². The third kappa shape index (κ3) is 2.23. The molecule has 1 aliphatic rings. The van der Waals surface area contributed by atoms with Crippen molar-refractivity contribution in [2.24, 2.45) is 5.92 Å². The van der Waals surface area contributed by atoms with E-state index >= 15 is 0 Å². The Kier molecular flexibility index (Phi) is 3.36. The van der Waals surface area contributed by atoms with Crippen molar-refractivity contribution in [3.05, 3.63) is 17.5 Å². The molecule has 2 rings (SSSR count). The molecule has 0 bridgehead atoms. The van der Waals surface area contributed by atoms with E-state index in [0.29, 0.717) is 5.56 Å². The standard InChI is InChI=1S/C12H17N3O3/c1-7(2)10(12(17)18)14-11(16)8-6-13-15-5-3-4-9(8)15/h6-7,10H,3-5H2,1-2H3,(H,14,16)(H,17,18)/t10-/m1/s1. The fraction of sp³-hybridized carbons (Fsp3) is 0.583. The van der Waals surface area contributed by atoms with Gasteiger partial charge < -0.3 is 10.4 Å². The summed E-state index contributed by atoms with van der Waals surface area (Å²) in [6, 6.07) is -0.866. The molecule has 0 fully saturated rings.